The zero-order valence-corrected chi connectivity index (χ0v) is 14.5. The summed E-state index contributed by atoms with van der Waals surface area (Å²) in [5, 5.41) is 7.80. The molecule has 0 aliphatic carbocycles. The molecule has 0 saturated carbocycles. The second-order valence-electron chi connectivity index (χ2n) is 5.55. The third-order valence-electron chi connectivity index (χ3n) is 2.98. The van der Waals surface area contributed by atoms with E-state index in [0.29, 0.717) is 12.0 Å². The first kappa shape index (κ1) is 15.4. The van der Waals surface area contributed by atoms with Gasteiger partial charge in [0.2, 0.25) is 0 Å². The van der Waals surface area contributed by atoms with E-state index in [1.165, 1.54) is 5.56 Å². The van der Waals surface area contributed by atoms with Gasteiger partial charge in [-0.15, -0.1) is 0 Å². The van der Waals surface area contributed by atoms with Crippen LogP contribution in [0.1, 0.15) is 44.9 Å². The van der Waals surface area contributed by atoms with Crippen LogP contribution in [0.4, 0.5) is 0 Å². The summed E-state index contributed by atoms with van der Waals surface area (Å²) in [5.74, 6) is 1.29. The van der Waals surface area contributed by atoms with Crippen molar-refractivity contribution in [2.75, 3.05) is 0 Å². The van der Waals surface area contributed by atoms with Gasteiger partial charge in [-0.2, -0.15) is 5.10 Å². The third-order valence-corrected chi connectivity index (χ3v) is 3.54. The molecule has 0 spiro atoms. The predicted molar refractivity (Wildman–Crippen MR) is 90.1 cm³/mol. The van der Waals surface area contributed by atoms with Crippen LogP contribution in [-0.2, 0) is 6.54 Å². The highest BCUT2D eigenvalue weighted by molar-refractivity contribution is 14.1. The summed E-state index contributed by atoms with van der Waals surface area (Å²) >= 11 is 2.26. The first-order valence-electron chi connectivity index (χ1n) is 6.90. The predicted octanol–water partition coefficient (Wildman–Crippen LogP) is 3.49. The molecule has 0 atom stereocenters. The normalized spacial score (nSPS) is 11.6. The van der Waals surface area contributed by atoms with Crippen LogP contribution in [0, 0.1) is 3.57 Å². The molecular weight excluding hydrogens is 363 g/mol. The van der Waals surface area contributed by atoms with Crippen molar-refractivity contribution in [3.8, 4) is 5.82 Å². The van der Waals surface area contributed by atoms with E-state index in [0.717, 1.165) is 21.6 Å². The lowest BCUT2D eigenvalue weighted by Crippen LogP contribution is -2.22. The zero-order valence-electron chi connectivity index (χ0n) is 12.4. The third kappa shape index (κ3) is 4.02. The number of aromatic nitrogens is 3. The largest absolute Gasteiger partial charge is 0.310 e. The molecule has 1 N–H and O–H groups in total. The van der Waals surface area contributed by atoms with Crippen LogP contribution in [0.3, 0.4) is 0 Å². The summed E-state index contributed by atoms with van der Waals surface area (Å²) in [5.41, 5.74) is 2.35. The minimum Gasteiger partial charge on any atom is -0.310 e. The molecule has 2 heterocycles. The van der Waals surface area contributed by atoms with Gasteiger partial charge in [0.1, 0.15) is 0 Å². The van der Waals surface area contributed by atoms with Crippen molar-refractivity contribution in [1.29, 1.82) is 0 Å². The van der Waals surface area contributed by atoms with Crippen molar-refractivity contribution in [3.63, 3.8) is 0 Å². The van der Waals surface area contributed by atoms with Gasteiger partial charge < -0.3 is 5.32 Å². The maximum Gasteiger partial charge on any atom is 0.153 e. The van der Waals surface area contributed by atoms with Gasteiger partial charge in [-0.25, -0.2) is 9.67 Å². The fourth-order valence-corrected chi connectivity index (χ4v) is 2.25. The number of hydrogen-bond donors (Lipinski definition) is 1. The number of pyridine rings is 1. The SMILES string of the molecule is CC(C)NCc1cc(C(C)C)nc(-n2cc(I)cn2)c1. The van der Waals surface area contributed by atoms with Gasteiger partial charge in [0.25, 0.3) is 0 Å². The highest BCUT2D eigenvalue weighted by Crippen LogP contribution is 2.17. The molecule has 4 nitrogen and oxygen atoms in total. The van der Waals surface area contributed by atoms with Crippen LogP contribution in [0.15, 0.2) is 24.5 Å². The maximum absolute atomic E-state index is 4.71. The molecule has 0 amide bonds. The first-order valence-corrected chi connectivity index (χ1v) is 7.98. The molecule has 2 aromatic heterocycles. The van der Waals surface area contributed by atoms with E-state index in [-0.39, 0.29) is 0 Å². The summed E-state index contributed by atoms with van der Waals surface area (Å²) in [6, 6.07) is 4.75. The van der Waals surface area contributed by atoms with Crippen LogP contribution in [0.25, 0.3) is 5.82 Å². The fraction of sp³-hybridized carbons (Fsp3) is 0.467. The van der Waals surface area contributed by atoms with Crippen LogP contribution in [-0.4, -0.2) is 20.8 Å². The smallest absolute Gasteiger partial charge is 0.153 e. The lowest BCUT2D eigenvalue weighted by atomic mass is 10.1. The second-order valence-corrected chi connectivity index (χ2v) is 6.80. The van der Waals surface area contributed by atoms with Crippen molar-refractivity contribution >= 4 is 22.6 Å². The number of rotatable bonds is 5. The van der Waals surface area contributed by atoms with Crippen molar-refractivity contribution in [2.45, 2.75) is 46.2 Å². The average molecular weight is 384 g/mol. The Morgan fingerprint density at radius 1 is 1.25 bits per heavy atom. The van der Waals surface area contributed by atoms with Gasteiger partial charge in [-0.3, -0.25) is 0 Å². The molecule has 0 radical (unpaired) electrons. The van der Waals surface area contributed by atoms with Gasteiger partial charge in [0, 0.05) is 24.5 Å². The molecule has 0 saturated heterocycles. The molecule has 0 bridgehead atoms. The van der Waals surface area contributed by atoms with E-state index in [9.17, 15) is 0 Å². The number of nitrogens with zero attached hydrogens (tertiary/aromatic N) is 3. The lowest BCUT2D eigenvalue weighted by molar-refractivity contribution is 0.587. The monoisotopic (exact) mass is 384 g/mol. The van der Waals surface area contributed by atoms with Crippen LogP contribution >= 0.6 is 22.6 Å². The second kappa shape index (κ2) is 6.67. The molecule has 0 fully saturated rings. The van der Waals surface area contributed by atoms with Crippen molar-refractivity contribution in [2.24, 2.45) is 0 Å². The molecule has 108 valence electrons. The Morgan fingerprint density at radius 2 is 2.00 bits per heavy atom. The van der Waals surface area contributed by atoms with Gasteiger partial charge in [0.15, 0.2) is 5.82 Å². The lowest BCUT2D eigenvalue weighted by Gasteiger charge is -2.13. The van der Waals surface area contributed by atoms with Crippen LogP contribution in [0.2, 0.25) is 0 Å². The van der Waals surface area contributed by atoms with E-state index in [1.54, 1.807) is 0 Å². The average Bonchev–Trinajstić information content (AvgIpc) is 2.82. The molecule has 0 unspecified atom stereocenters. The molecular formula is C15H21IN4. The van der Waals surface area contributed by atoms with Gasteiger partial charge >= 0.3 is 0 Å². The summed E-state index contributed by atoms with van der Waals surface area (Å²) in [4.78, 5) is 4.71. The van der Waals surface area contributed by atoms with Crippen LogP contribution in [0.5, 0.6) is 0 Å². The van der Waals surface area contributed by atoms with Crippen molar-refractivity contribution in [3.05, 3.63) is 39.4 Å². The minimum atomic E-state index is 0.405. The number of halogens is 1. The quantitative estimate of drug-likeness (QED) is 0.803. The maximum atomic E-state index is 4.71. The molecule has 2 aromatic rings. The van der Waals surface area contributed by atoms with Gasteiger partial charge in [0.05, 0.1) is 9.77 Å². The number of hydrogen-bond acceptors (Lipinski definition) is 3. The zero-order chi connectivity index (χ0) is 14.7. The summed E-state index contributed by atoms with van der Waals surface area (Å²) in [6.45, 7) is 9.49. The van der Waals surface area contributed by atoms with Crippen molar-refractivity contribution in [1.82, 2.24) is 20.1 Å². The highest BCUT2D eigenvalue weighted by atomic mass is 127. The van der Waals surface area contributed by atoms with E-state index < -0.39 is 0 Å². The Bertz CT molecular complexity index is 575. The standard InChI is InChI=1S/C15H21IN4/c1-10(2)14-5-12(7-17-11(3)4)6-15(19-14)20-9-13(16)8-18-20/h5-6,8-11,17H,7H2,1-4H3. The molecule has 20 heavy (non-hydrogen) atoms. The van der Waals surface area contributed by atoms with E-state index in [1.807, 2.05) is 17.1 Å². The topological polar surface area (TPSA) is 42.7 Å². The molecule has 0 aliphatic rings. The summed E-state index contributed by atoms with van der Waals surface area (Å²) in [6.07, 6.45) is 3.84. The minimum absolute atomic E-state index is 0.405. The highest BCUT2D eigenvalue weighted by Gasteiger charge is 2.09. The summed E-state index contributed by atoms with van der Waals surface area (Å²) in [7, 11) is 0. The summed E-state index contributed by atoms with van der Waals surface area (Å²) < 4.78 is 2.95. The Kier molecular flexibility index (Phi) is 5.15. The van der Waals surface area contributed by atoms with E-state index in [4.69, 9.17) is 4.98 Å². The van der Waals surface area contributed by atoms with E-state index in [2.05, 4.69) is 72.8 Å². The van der Waals surface area contributed by atoms with Crippen LogP contribution < -0.4 is 5.32 Å². The molecule has 2 rings (SSSR count). The van der Waals surface area contributed by atoms with Crippen molar-refractivity contribution < 1.29 is 0 Å². The van der Waals surface area contributed by atoms with E-state index >= 15 is 0 Å². The Morgan fingerprint density at radius 3 is 2.55 bits per heavy atom. The Balaban J connectivity index is 2.35. The molecule has 0 aliphatic heterocycles. The first-order chi connectivity index (χ1) is 9.45. The number of nitrogens with one attached hydrogen (secondary N) is 1. The Hall–Kier alpha value is -0.950. The van der Waals surface area contributed by atoms with Gasteiger partial charge in [-0.1, -0.05) is 27.7 Å². The fourth-order valence-electron chi connectivity index (χ4n) is 1.86. The molecule has 0 aromatic carbocycles. The molecule has 5 heteroatoms. The Labute approximate surface area is 134 Å². The van der Waals surface area contributed by atoms with Gasteiger partial charge in [-0.05, 0) is 46.2 Å².